The normalized spacial score (nSPS) is 11.0. The van der Waals surface area contributed by atoms with Crippen LogP contribution < -0.4 is 0 Å². The Labute approximate surface area is 157 Å². The molecule has 4 aromatic rings. The predicted octanol–water partition coefficient (Wildman–Crippen LogP) is 5.68. The summed E-state index contributed by atoms with van der Waals surface area (Å²) in [7, 11) is 0. The van der Waals surface area contributed by atoms with Crippen LogP contribution in [0.5, 0.6) is 0 Å². The van der Waals surface area contributed by atoms with Gasteiger partial charge < -0.3 is 5.11 Å². The van der Waals surface area contributed by atoms with Crippen LogP contribution in [0.3, 0.4) is 0 Å². The minimum Gasteiger partial charge on any atom is -0.478 e. The Morgan fingerprint density at radius 1 is 0.821 bits per heavy atom. The SMILES string of the molecule is O=C(O)c1cc(-c2ccc(-c3ccccc3F)c(F)c2)nc2ccc(F)cc12. The van der Waals surface area contributed by atoms with Crippen molar-refractivity contribution in [3.63, 3.8) is 0 Å². The van der Waals surface area contributed by atoms with Gasteiger partial charge >= 0.3 is 5.97 Å². The van der Waals surface area contributed by atoms with Crippen molar-refractivity contribution < 1.29 is 23.1 Å². The largest absolute Gasteiger partial charge is 0.478 e. The van der Waals surface area contributed by atoms with Crippen LogP contribution in [-0.4, -0.2) is 16.1 Å². The highest BCUT2D eigenvalue weighted by molar-refractivity contribution is 6.03. The number of rotatable bonds is 3. The lowest BCUT2D eigenvalue weighted by Gasteiger charge is -2.10. The molecule has 0 bridgehead atoms. The smallest absolute Gasteiger partial charge is 0.336 e. The molecule has 6 heteroatoms. The zero-order chi connectivity index (χ0) is 19.8. The van der Waals surface area contributed by atoms with Gasteiger partial charge in [0.2, 0.25) is 0 Å². The molecule has 0 aliphatic heterocycles. The van der Waals surface area contributed by atoms with Crippen molar-refractivity contribution in [1.29, 1.82) is 0 Å². The summed E-state index contributed by atoms with van der Waals surface area (Å²) >= 11 is 0. The molecular weight excluding hydrogens is 367 g/mol. The third-order valence-corrected chi connectivity index (χ3v) is 4.43. The fraction of sp³-hybridized carbons (Fsp3) is 0. The van der Waals surface area contributed by atoms with Crippen LogP contribution in [0.15, 0.2) is 66.7 Å². The Kier molecular flexibility index (Phi) is 4.31. The third-order valence-electron chi connectivity index (χ3n) is 4.43. The Hall–Kier alpha value is -3.67. The number of pyridine rings is 1. The first kappa shape index (κ1) is 17.7. The lowest BCUT2D eigenvalue weighted by atomic mass is 9.99. The van der Waals surface area contributed by atoms with Gasteiger partial charge in [0, 0.05) is 22.1 Å². The number of aromatic carboxylic acids is 1. The molecule has 3 aromatic carbocycles. The second-order valence-electron chi connectivity index (χ2n) is 6.20. The first-order valence-electron chi connectivity index (χ1n) is 8.32. The molecule has 0 spiro atoms. The van der Waals surface area contributed by atoms with E-state index in [2.05, 4.69) is 4.98 Å². The molecule has 0 saturated carbocycles. The Bertz CT molecular complexity index is 1240. The van der Waals surface area contributed by atoms with Crippen molar-refractivity contribution in [3.05, 3.63) is 89.7 Å². The summed E-state index contributed by atoms with van der Waals surface area (Å²) in [5, 5.41) is 9.61. The molecule has 1 heterocycles. The van der Waals surface area contributed by atoms with Gasteiger partial charge in [-0.25, -0.2) is 22.9 Å². The molecule has 1 aromatic heterocycles. The van der Waals surface area contributed by atoms with Crippen molar-refractivity contribution in [1.82, 2.24) is 4.98 Å². The van der Waals surface area contributed by atoms with Gasteiger partial charge in [-0.2, -0.15) is 0 Å². The van der Waals surface area contributed by atoms with Gasteiger partial charge in [-0.05, 0) is 36.4 Å². The fourth-order valence-electron chi connectivity index (χ4n) is 3.10. The molecule has 28 heavy (non-hydrogen) atoms. The zero-order valence-corrected chi connectivity index (χ0v) is 14.3. The van der Waals surface area contributed by atoms with Crippen LogP contribution >= 0.6 is 0 Å². The van der Waals surface area contributed by atoms with E-state index in [1.54, 1.807) is 6.07 Å². The maximum absolute atomic E-state index is 14.7. The maximum Gasteiger partial charge on any atom is 0.336 e. The number of carboxylic acid groups (broad SMARTS) is 1. The molecular formula is C22H12F3NO2. The number of fused-ring (bicyclic) bond motifs is 1. The van der Waals surface area contributed by atoms with Crippen molar-refractivity contribution >= 4 is 16.9 Å². The van der Waals surface area contributed by atoms with E-state index >= 15 is 0 Å². The lowest BCUT2D eigenvalue weighted by Crippen LogP contribution is -2.01. The second kappa shape index (κ2) is 6.81. The lowest BCUT2D eigenvalue weighted by molar-refractivity contribution is 0.0699. The second-order valence-corrected chi connectivity index (χ2v) is 6.20. The van der Waals surface area contributed by atoms with Crippen LogP contribution in [0.25, 0.3) is 33.3 Å². The highest BCUT2D eigenvalue weighted by atomic mass is 19.1. The van der Waals surface area contributed by atoms with Gasteiger partial charge in [0.15, 0.2) is 0 Å². The van der Waals surface area contributed by atoms with Crippen molar-refractivity contribution in [3.8, 4) is 22.4 Å². The van der Waals surface area contributed by atoms with Gasteiger partial charge in [0.25, 0.3) is 0 Å². The number of nitrogens with zero attached hydrogens (tertiary/aromatic N) is 1. The van der Waals surface area contributed by atoms with Crippen molar-refractivity contribution in [2.75, 3.05) is 0 Å². The van der Waals surface area contributed by atoms with E-state index in [9.17, 15) is 23.1 Å². The zero-order valence-electron chi connectivity index (χ0n) is 14.3. The molecule has 3 nitrogen and oxygen atoms in total. The van der Waals surface area contributed by atoms with Gasteiger partial charge in [-0.15, -0.1) is 0 Å². The van der Waals surface area contributed by atoms with E-state index in [0.29, 0.717) is 5.56 Å². The highest BCUT2D eigenvalue weighted by Gasteiger charge is 2.16. The number of benzene rings is 3. The van der Waals surface area contributed by atoms with E-state index in [-0.39, 0.29) is 33.3 Å². The molecule has 0 aliphatic rings. The van der Waals surface area contributed by atoms with E-state index < -0.39 is 23.4 Å². The summed E-state index contributed by atoms with van der Waals surface area (Å²) in [6, 6.07) is 14.9. The van der Waals surface area contributed by atoms with Gasteiger partial charge in [0.1, 0.15) is 17.5 Å². The summed E-state index contributed by atoms with van der Waals surface area (Å²) in [6.07, 6.45) is 0. The Morgan fingerprint density at radius 3 is 2.29 bits per heavy atom. The van der Waals surface area contributed by atoms with Gasteiger partial charge in [0.05, 0.1) is 16.8 Å². The summed E-state index contributed by atoms with van der Waals surface area (Å²) in [5.41, 5.74) is 0.887. The first-order valence-corrected chi connectivity index (χ1v) is 8.32. The summed E-state index contributed by atoms with van der Waals surface area (Å²) in [6.45, 7) is 0. The molecule has 0 saturated heterocycles. The number of aromatic nitrogens is 1. The number of carbonyl (C=O) groups is 1. The summed E-state index contributed by atoms with van der Waals surface area (Å²) in [4.78, 5) is 15.9. The standard InChI is InChI=1S/C22H12F3NO2/c23-13-6-8-20-16(10-13)17(22(27)28)11-21(26-20)12-5-7-15(19(25)9-12)14-3-1-2-4-18(14)24/h1-11H,(H,27,28). The van der Waals surface area contributed by atoms with E-state index in [0.717, 1.165) is 6.07 Å². The summed E-state index contributed by atoms with van der Waals surface area (Å²) in [5.74, 6) is -3.04. The first-order chi connectivity index (χ1) is 13.4. The van der Waals surface area contributed by atoms with E-state index in [4.69, 9.17) is 0 Å². The van der Waals surface area contributed by atoms with Crippen LogP contribution in [0, 0.1) is 17.5 Å². The molecule has 0 unspecified atom stereocenters. The fourth-order valence-corrected chi connectivity index (χ4v) is 3.10. The number of carboxylic acids is 1. The van der Waals surface area contributed by atoms with Crippen LogP contribution in [-0.2, 0) is 0 Å². The third kappa shape index (κ3) is 3.09. The minimum atomic E-state index is -1.25. The molecule has 4 rings (SSSR count). The monoisotopic (exact) mass is 379 g/mol. The Balaban J connectivity index is 1.87. The molecule has 0 amide bonds. The van der Waals surface area contributed by atoms with Crippen molar-refractivity contribution in [2.45, 2.75) is 0 Å². The molecule has 138 valence electrons. The molecule has 0 fully saturated rings. The van der Waals surface area contributed by atoms with Crippen LogP contribution in [0.2, 0.25) is 0 Å². The minimum absolute atomic E-state index is 0.0863. The molecule has 0 atom stereocenters. The Morgan fingerprint density at radius 2 is 1.57 bits per heavy atom. The summed E-state index contributed by atoms with van der Waals surface area (Å²) < 4.78 is 42.1. The average Bonchev–Trinajstić information content (AvgIpc) is 2.67. The maximum atomic E-state index is 14.7. The molecule has 1 N–H and O–H groups in total. The number of hydrogen-bond donors (Lipinski definition) is 1. The number of halogens is 3. The number of hydrogen-bond acceptors (Lipinski definition) is 2. The molecule has 0 radical (unpaired) electrons. The average molecular weight is 379 g/mol. The van der Waals surface area contributed by atoms with Gasteiger partial charge in [-0.1, -0.05) is 30.3 Å². The highest BCUT2D eigenvalue weighted by Crippen LogP contribution is 2.31. The van der Waals surface area contributed by atoms with E-state index in [1.807, 2.05) is 0 Å². The van der Waals surface area contributed by atoms with Gasteiger partial charge in [-0.3, -0.25) is 0 Å². The van der Waals surface area contributed by atoms with Crippen LogP contribution in [0.4, 0.5) is 13.2 Å². The predicted molar refractivity (Wildman–Crippen MR) is 99.4 cm³/mol. The van der Waals surface area contributed by atoms with E-state index in [1.165, 1.54) is 54.6 Å². The quantitative estimate of drug-likeness (QED) is 0.498. The van der Waals surface area contributed by atoms with Crippen LogP contribution in [0.1, 0.15) is 10.4 Å². The molecule has 0 aliphatic carbocycles. The van der Waals surface area contributed by atoms with Crippen molar-refractivity contribution in [2.24, 2.45) is 0 Å². The topological polar surface area (TPSA) is 50.2 Å².